The third-order valence-corrected chi connectivity index (χ3v) is 5.48. The molecule has 4 rings (SSSR count). The molecule has 1 saturated carbocycles. The van der Waals surface area contributed by atoms with E-state index in [0.29, 0.717) is 23.8 Å². The molecule has 1 aromatic heterocycles. The van der Waals surface area contributed by atoms with Crippen molar-refractivity contribution in [2.45, 2.75) is 50.1 Å². The highest BCUT2D eigenvalue weighted by Gasteiger charge is 2.47. The second kappa shape index (κ2) is 5.41. The normalized spacial score (nSPS) is 25.5. The van der Waals surface area contributed by atoms with E-state index in [1.54, 1.807) is 0 Å². The van der Waals surface area contributed by atoms with Crippen molar-refractivity contribution in [1.82, 2.24) is 15.0 Å². The van der Waals surface area contributed by atoms with Crippen molar-refractivity contribution in [3.05, 3.63) is 47.6 Å². The molecule has 24 heavy (non-hydrogen) atoms. The minimum Gasteiger partial charge on any atom is -0.337 e. The predicted molar refractivity (Wildman–Crippen MR) is 88.1 cm³/mol. The lowest BCUT2D eigenvalue weighted by atomic mass is 9.77. The standard InChI is InChI=1S/C18H22N4O2/c1-17(16-20-15(21-24-16)18(19)10-5-11-18)9-6-12-22(17)14(23)13-7-3-2-4-8-13/h2-4,7-8H,5-6,9-12,19H2,1H3. The van der Waals surface area contributed by atoms with Crippen LogP contribution in [0.15, 0.2) is 34.9 Å². The van der Waals surface area contributed by atoms with E-state index in [-0.39, 0.29) is 5.91 Å². The van der Waals surface area contributed by atoms with Crippen molar-refractivity contribution in [2.24, 2.45) is 5.73 Å². The molecular weight excluding hydrogens is 304 g/mol. The Bertz CT molecular complexity index is 753. The maximum atomic E-state index is 12.9. The van der Waals surface area contributed by atoms with Gasteiger partial charge in [-0.1, -0.05) is 23.4 Å². The molecule has 2 aliphatic rings. The Morgan fingerprint density at radius 3 is 2.62 bits per heavy atom. The molecule has 0 radical (unpaired) electrons. The summed E-state index contributed by atoms with van der Waals surface area (Å²) < 4.78 is 5.55. The van der Waals surface area contributed by atoms with Crippen LogP contribution in [0.4, 0.5) is 0 Å². The SMILES string of the molecule is CC1(c2nc(C3(N)CCC3)no2)CCCN1C(=O)c1ccccc1. The topological polar surface area (TPSA) is 85.2 Å². The summed E-state index contributed by atoms with van der Waals surface area (Å²) in [5, 5.41) is 4.12. The zero-order valence-corrected chi connectivity index (χ0v) is 13.9. The number of aromatic nitrogens is 2. The number of hydrogen-bond acceptors (Lipinski definition) is 5. The smallest absolute Gasteiger partial charge is 0.254 e. The van der Waals surface area contributed by atoms with E-state index >= 15 is 0 Å². The van der Waals surface area contributed by atoms with Crippen LogP contribution in [0.2, 0.25) is 0 Å². The molecule has 1 aromatic carbocycles. The molecule has 0 spiro atoms. The Morgan fingerprint density at radius 2 is 1.96 bits per heavy atom. The van der Waals surface area contributed by atoms with Gasteiger partial charge in [0.15, 0.2) is 5.82 Å². The Kier molecular flexibility index (Phi) is 3.46. The van der Waals surface area contributed by atoms with Crippen LogP contribution in [0.3, 0.4) is 0 Å². The summed E-state index contributed by atoms with van der Waals surface area (Å²) in [7, 11) is 0. The number of hydrogen-bond donors (Lipinski definition) is 1. The van der Waals surface area contributed by atoms with Crippen LogP contribution in [-0.4, -0.2) is 27.5 Å². The van der Waals surface area contributed by atoms with E-state index in [1.165, 1.54) is 0 Å². The molecule has 1 amide bonds. The van der Waals surface area contributed by atoms with Crippen LogP contribution in [0.25, 0.3) is 0 Å². The molecule has 1 saturated heterocycles. The number of amides is 1. The van der Waals surface area contributed by atoms with Crippen molar-refractivity contribution >= 4 is 5.91 Å². The first-order valence-corrected chi connectivity index (χ1v) is 8.54. The second-order valence-corrected chi connectivity index (χ2v) is 7.13. The van der Waals surface area contributed by atoms with Gasteiger partial charge in [-0.3, -0.25) is 4.79 Å². The van der Waals surface area contributed by atoms with Gasteiger partial charge >= 0.3 is 0 Å². The van der Waals surface area contributed by atoms with E-state index in [2.05, 4.69) is 10.1 Å². The van der Waals surface area contributed by atoms with Gasteiger partial charge in [0.05, 0.1) is 5.54 Å². The maximum absolute atomic E-state index is 12.9. The lowest BCUT2D eigenvalue weighted by Gasteiger charge is -2.35. The highest BCUT2D eigenvalue weighted by molar-refractivity contribution is 5.94. The van der Waals surface area contributed by atoms with Crippen molar-refractivity contribution in [1.29, 1.82) is 0 Å². The molecule has 2 aromatic rings. The number of benzene rings is 1. The second-order valence-electron chi connectivity index (χ2n) is 7.13. The van der Waals surface area contributed by atoms with Crippen LogP contribution in [-0.2, 0) is 11.1 Å². The molecule has 2 heterocycles. The summed E-state index contributed by atoms with van der Waals surface area (Å²) in [5.74, 6) is 1.07. The highest BCUT2D eigenvalue weighted by atomic mass is 16.5. The minimum atomic E-state index is -0.571. The van der Waals surface area contributed by atoms with Gasteiger partial charge in [0, 0.05) is 12.1 Å². The number of carbonyl (C=O) groups is 1. The minimum absolute atomic E-state index is 0.00135. The molecule has 2 N–H and O–H groups in total. The van der Waals surface area contributed by atoms with Crippen molar-refractivity contribution in [3.63, 3.8) is 0 Å². The first kappa shape index (κ1) is 15.3. The van der Waals surface area contributed by atoms with E-state index < -0.39 is 11.1 Å². The van der Waals surface area contributed by atoms with Gasteiger partial charge in [-0.25, -0.2) is 0 Å². The van der Waals surface area contributed by atoms with E-state index in [9.17, 15) is 4.79 Å². The molecule has 2 fully saturated rings. The molecule has 126 valence electrons. The van der Waals surface area contributed by atoms with Gasteiger partial charge in [-0.15, -0.1) is 0 Å². The fraction of sp³-hybridized carbons (Fsp3) is 0.500. The first-order valence-electron chi connectivity index (χ1n) is 8.54. The molecule has 6 heteroatoms. The summed E-state index contributed by atoms with van der Waals surface area (Å²) in [5.41, 5.74) is 5.95. The Hall–Kier alpha value is -2.21. The average Bonchev–Trinajstić information content (AvgIpc) is 3.21. The van der Waals surface area contributed by atoms with E-state index in [1.807, 2.05) is 42.2 Å². The summed E-state index contributed by atoms with van der Waals surface area (Å²) >= 11 is 0. The third-order valence-electron chi connectivity index (χ3n) is 5.48. The number of carbonyl (C=O) groups excluding carboxylic acids is 1. The fourth-order valence-electron chi connectivity index (χ4n) is 3.67. The summed E-state index contributed by atoms with van der Waals surface area (Å²) in [6.07, 6.45) is 4.59. The first-order chi connectivity index (χ1) is 11.5. The Balaban J connectivity index is 1.64. The molecule has 1 aliphatic heterocycles. The average molecular weight is 326 g/mol. The predicted octanol–water partition coefficient (Wildman–Crippen LogP) is 2.56. The van der Waals surface area contributed by atoms with Crippen LogP contribution in [0, 0.1) is 0 Å². The van der Waals surface area contributed by atoms with Gasteiger partial charge < -0.3 is 15.2 Å². The van der Waals surface area contributed by atoms with Crippen LogP contribution < -0.4 is 5.73 Å². The zero-order valence-electron chi connectivity index (χ0n) is 13.9. The fourth-order valence-corrected chi connectivity index (χ4v) is 3.67. The van der Waals surface area contributed by atoms with Crippen molar-refractivity contribution in [2.75, 3.05) is 6.54 Å². The molecule has 1 atom stereocenters. The number of likely N-dealkylation sites (tertiary alicyclic amines) is 1. The Labute approximate surface area is 141 Å². The van der Waals surface area contributed by atoms with Gasteiger partial charge in [-0.05, 0) is 51.2 Å². The number of nitrogens with two attached hydrogens (primary N) is 1. The van der Waals surface area contributed by atoms with Gasteiger partial charge in [0.25, 0.3) is 11.8 Å². The third kappa shape index (κ3) is 2.24. The van der Waals surface area contributed by atoms with Gasteiger partial charge in [0.1, 0.15) is 5.54 Å². The van der Waals surface area contributed by atoms with Gasteiger partial charge in [0.2, 0.25) is 0 Å². The molecule has 6 nitrogen and oxygen atoms in total. The molecule has 0 bridgehead atoms. The lowest BCUT2D eigenvalue weighted by Crippen LogP contribution is -2.45. The summed E-state index contributed by atoms with van der Waals surface area (Å²) in [4.78, 5) is 19.4. The van der Waals surface area contributed by atoms with Crippen molar-refractivity contribution < 1.29 is 9.32 Å². The summed E-state index contributed by atoms with van der Waals surface area (Å²) in [6, 6.07) is 9.33. The van der Waals surface area contributed by atoms with Crippen molar-refractivity contribution in [3.8, 4) is 0 Å². The quantitative estimate of drug-likeness (QED) is 0.937. The zero-order chi connectivity index (χ0) is 16.8. The van der Waals surface area contributed by atoms with Crippen LogP contribution in [0.1, 0.15) is 61.1 Å². The molecule has 1 aliphatic carbocycles. The highest BCUT2D eigenvalue weighted by Crippen LogP contribution is 2.41. The molecular formula is C18H22N4O2. The lowest BCUT2D eigenvalue weighted by molar-refractivity contribution is 0.0551. The molecule has 1 unspecified atom stereocenters. The Morgan fingerprint density at radius 1 is 1.21 bits per heavy atom. The van der Waals surface area contributed by atoms with E-state index in [0.717, 1.165) is 32.1 Å². The number of nitrogens with zero attached hydrogens (tertiary/aromatic N) is 3. The van der Waals surface area contributed by atoms with Crippen LogP contribution >= 0.6 is 0 Å². The monoisotopic (exact) mass is 326 g/mol. The van der Waals surface area contributed by atoms with Gasteiger partial charge in [-0.2, -0.15) is 4.98 Å². The summed E-state index contributed by atoms with van der Waals surface area (Å²) in [6.45, 7) is 2.69. The maximum Gasteiger partial charge on any atom is 0.254 e. The van der Waals surface area contributed by atoms with E-state index in [4.69, 9.17) is 10.3 Å². The number of rotatable bonds is 3. The largest absolute Gasteiger partial charge is 0.337 e. The van der Waals surface area contributed by atoms with Crippen LogP contribution in [0.5, 0.6) is 0 Å².